The molecular weight excluding hydrogens is 384 g/mol. The van der Waals surface area contributed by atoms with Crippen LogP contribution in [0.4, 0.5) is 0 Å². The Morgan fingerprint density at radius 1 is 1.03 bits per heavy atom. The van der Waals surface area contributed by atoms with Crippen molar-refractivity contribution in [2.24, 2.45) is 5.92 Å². The molecule has 0 bridgehead atoms. The van der Waals surface area contributed by atoms with Crippen LogP contribution in [-0.4, -0.2) is 37.0 Å². The second-order valence-corrected chi connectivity index (χ2v) is 8.11. The second kappa shape index (κ2) is 11.2. The molecule has 1 aliphatic heterocycles. The molecule has 4 nitrogen and oxygen atoms in total. The van der Waals surface area contributed by atoms with Crippen LogP contribution in [0.15, 0.2) is 48.5 Å². The van der Waals surface area contributed by atoms with Gasteiger partial charge < -0.3 is 10.1 Å². The first-order valence-electron chi connectivity index (χ1n) is 10.3. The van der Waals surface area contributed by atoms with Crippen LogP contribution in [-0.2, 0) is 0 Å². The summed E-state index contributed by atoms with van der Waals surface area (Å²) in [5.74, 6) is 1.25. The predicted molar refractivity (Wildman–Crippen MR) is 121 cm³/mol. The Morgan fingerprint density at radius 3 is 2.24 bits per heavy atom. The molecule has 1 atom stereocenters. The van der Waals surface area contributed by atoms with E-state index in [1.54, 1.807) is 0 Å². The lowest BCUT2D eigenvalue weighted by Crippen LogP contribution is -2.36. The highest BCUT2D eigenvalue weighted by Crippen LogP contribution is 2.25. The third-order valence-electron chi connectivity index (χ3n) is 5.20. The van der Waals surface area contributed by atoms with E-state index < -0.39 is 0 Å². The predicted octanol–water partition coefficient (Wildman–Crippen LogP) is 5.02. The Hall–Kier alpha value is -2.04. The summed E-state index contributed by atoms with van der Waals surface area (Å²) in [7, 11) is 0. The highest BCUT2D eigenvalue weighted by Gasteiger charge is 2.24. The van der Waals surface area contributed by atoms with Gasteiger partial charge in [-0.3, -0.25) is 9.69 Å². The molecule has 1 heterocycles. The van der Waals surface area contributed by atoms with Crippen molar-refractivity contribution in [2.75, 3.05) is 26.2 Å². The van der Waals surface area contributed by atoms with E-state index in [0.29, 0.717) is 24.6 Å². The summed E-state index contributed by atoms with van der Waals surface area (Å²) in [5.41, 5.74) is 3.19. The monoisotopic (exact) mass is 416 g/mol. The number of amides is 1. The standard InChI is InChI=1S/C24H32N2O2.ClH/c1-18(2)17-28-22-12-10-21(11-13-22)24(27)25-16-23(26-14-4-5-15-26)20-8-6-19(3)7-9-20;/h6-13,18,23H,4-5,14-17H2,1-3H3,(H,25,27);1H. The van der Waals surface area contributed by atoms with Gasteiger partial charge in [-0.05, 0) is 68.6 Å². The first-order valence-corrected chi connectivity index (χ1v) is 10.3. The molecule has 0 aliphatic carbocycles. The van der Waals surface area contributed by atoms with E-state index in [9.17, 15) is 4.79 Å². The molecule has 1 N–H and O–H groups in total. The van der Waals surface area contributed by atoms with E-state index in [-0.39, 0.29) is 24.4 Å². The zero-order chi connectivity index (χ0) is 19.9. The summed E-state index contributed by atoms with van der Waals surface area (Å²) < 4.78 is 5.70. The lowest BCUT2D eigenvalue weighted by atomic mass is 10.0. The van der Waals surface area contributed by atoms with E-state index in [4.69, 9.17) is 4.74 Å². The fourth-order valence-corrected chi connectivity index (χ4v) is 3.56. The SMILES string of the molecule is Cc1ccc(C(CNC(=O)c2ccc(OCC(C)C)cc2)N2CCCC2)cc1.Cl. The summed E-state index contributed by atoms with van der Waals surface area (Å²) in [4.78, 5) is 15.1. The summed E-state index contributed by atoms with van der Waals surface area (Å²) in [5, 5.41) is 3.14. The van der Waals surface area contributed by atoms with Crippen LogP contribution in [0.5, 0.6) is 5.75 Å². The van der Waals surface area contributed by atoms with Gasteiger partial charge in [-0.2, -0.15) is 0 Å². The highest BCUT2D eigenvalue weighted by atomic mass is 35.5. The molecule has 1 fully saturated rings. The molecule has 29 heavy (non-hydrogen) atoms. The van der Waals surface area contributed by atoms with Gasteiger partial charge in [0.15, 0.2) is 0 Å². The molecule has 0 spiro atoms. The van der Waals surface area contributed by atoms with E-state index >= 15 is 0 Å². The molecule has 1 unspecified atom stereocenters. The first-order chi connectivity index (χ1) is 13.5. The van der Waals surface area contributed by atoms with Crippen LogP contribution in [0.25, 0.3) is 0 Å². The van der Waals surface area contributed by atoms with E-state index in [1.165, 1.54) is 24.0 Å². The maximum Gasteiger partial charge on any atom is 0.251 e. The summed E-state index contributed by atoms with van der Waals surface area (Å²) in [6, 6.07) is 16.3. The van der Waals surface area contributed by atoms with Crippen LogP contribution in [0.1, 0.15) is 54.2 Å². The van der Waals surface area contributed by atoms with Crippen LogP contribution in [0.3, 0.4) is 0 Å². The molecule has 0 radical (unpaired) electrons. The Kier molecular flexibility index (Phi) is 8.99. The Morgan fingerprint density at radius 2 is 1.66 bits per heavy atom. The number of nitrogens with one attached hydrogen (secondary N) is 1. The quantitative estimate of drug-likeness (QED) is 0.657. The maximum atomic E-state index is 12.7. The van der Waals surface area contributed by atoms with Gasteiger partial charge in [0.2, 0.25) is 0 Å². The lowest BCUT2D eigenvalue weighted by Gasteiger charge is -2.28. The van der Waals surface area contributed by atoms with Crippen molar-refractivity contribution >= 4 is 18.3 Å². The fourth-order valence-electron chi connectivity index (χ4n) is 3.56. The average molecular weight is 417 g/mol. The van der Waals surface area contributed by atoms with Gasteiger partial charge in [0.05, 0.1) is 12.6 Å². The van der Waals surface area contributed by atoms with Gasteiger partial charge in [-0.1, -0.05) is 43.7 Å². The Bertz CT molecular complexity index is 753. The molecule has 3 rings (SSSR count). The van der Waals surface area contributed by atoms with Crippen LogP contribution >= 0.6 is 12.4 Å². The van der Waals surface area contributed by atoms with Gasteiger partial charge in [0, 0.05) is 12.1 Å². The number of aryl methyl sites for hydroxylation is 1. The molecule has 2 aromatic rings. The number of carbonyl (C=O) groups is 1. The summed E-state index contributed by atoms with van der Waals surface area (Å²) in [6.45, 7) is 9.82. The van der Waals surface area contributed by atoms with Gasteiger partial charge in [0.25, 0.3) is 5.91 Å². The van der Waals surface area contributed by atoms with Crippen LogP contribution < -0.4 is 10.1 Å². The highest BCUT2D eigenvalue weighted by molar-refractivity contribution is 5.94. The normalized spacial score (nSPS) is 15.0. The number of halogens is 1. The molecule has 5 heteroatoms. The van der Waals surface area contributed by atoms with E-state index in [2.05, 4.69) is 55.3 Å². The minimum atomic E-state index is -0.0354. The summed E-state index contributed by atoms with van der Waals surface area (Å²) >= 11 is 0. The molecule has 1 amide bonds. The molecule has 0 aromatic heterocycles. The van der Waals surface area contributed by atoms with Gasteiger partial charge in [-0.25, -0.2) is 0 Å². The largest absolute Gasteiger partial charge is 0.493 e. The topological polar surface area (TPSA) is 41.6 Å². The molecule has 158 valence electrons. The van der Waals surface area contributed by atoms with Crippen molar-refractivity contribution in [3.05, 3.63) is 65.2 Å². The molecule has 2 aromatic carbocycles. The van der Waals surface area contributed by atoms with Crippen LogP contribution in [0, 0.1) is 12.8 Å². The van der Waals surface area contributed by atoms with Gasteiger partial charge in [0.1, 0.15) is 5.75 Å². The average Bonchev–Trinajstić information content (AvgIpc) is 3.22. The van der Waals surface area contributed by atoms with Crippen molar-refractivity contribution in [3.8, 4) is 5.75 Å². The number of rotatable bonds is 8. The Labute approximate surface area is 181 Å². The Balaban J connectivity index is 0.00000300. The molecule has 1 saturated heterocycles. The zero-order valence-corrected chi connectivity index (χ0v) is 18.5. The number of carbonyl (C=O) groups excluding carboxylic acids is 1. The number of hydrogen-bond acceptors (Lipinski definition) is 3. The molecule has 0 saturated carbocycles. The number of likely N-dealkylation sites (tertiary alicyclic amines) is 1. The third-order valence-corrected chi connectivity index (χ3v) is 5.20. The molecule has 1 aliphatic rings. The number of benzene rings is 2. The zero-order valence-electron chi connectivity index (χ0n) is 17.7. The fraction of sp³-hybridized carbons (Fsp3) is 0.458. The summed E-state index contributed by atoms with van der Waals surface area (Å²) in [6.07, 6.45) is 2.46. The minimum absolute atomic E-state index is 0. The smallest absolute Gasteiger partial charge is 0.251 e. The van der Waals surface area contributed by atoms with E-state index in [1.807, 2.05) is 24.3 Å². The van der Waals surface area contributed by atoms with Crippen molar-refractivity contribution in [1.82, 2.24) is 10.2 Å². The van der Waals surface area contributed by atoms with E-state index in [0.717, 1.165) is 18.8 Å². The maximum absolute atomic E-state index is 12.7. The first kappa shape index (κ1) is 23.2. The lowest BCUT2D eigenvalue weighted by molar-refractivity contribution is 0.0938. The van der Waals surface area contributed by atoms with Crippen molar-refractivity contribution in [3.63, 3.8) is 0 Å². The van der Waals surface area contributed by atoms with Crippen molar-refractivity contribution in [1.29, 1.82) is 0 Å². The minimum Gasteiger partial charge on any atom is -0.493 e. The number of nitrogens with zero attached hydrogens (tertiary/aromatic N) is 1. The van der Waals surface area contributed by atoms with Crippen LogP contribution in [0.2, 0.25) is 0 Å². The second-order valence-electron chi connectivity index (χ2n) is 8.11. The van der Waals surface area contributed by atoms with Gasteiger partial charge >= 0.3 is 0 Å². The van der Waals surface area contributed by atoms with Crippen molar-refractivity contribution < 1.29 is 9.53 Å². The molecular formula is C24H33ClN2O2. The number of hydrogen-bond donors (Lipinski definition) is 1. The third kappa shape index (κ3) is 6.76. The van der Waals surface area contributed by atoms with Gasteiger partial charge in [-0.15, -0.1) is 12.4 Å². The van der Waals surface area contributed by atoms with Crippen molar-refractivity contribution in [2.45, 2.75) is 39.7 Å². The number of ether oxygens (including phenoxy) is 1.